The third-order valence-electron chi connectivity index (χ3n) is 2.56. The van der Waals surface area contributed by atoms with Gasteiger partial charge in [-0.1, -0.05) is 6.58 Å². The molecule has 1 aliphatic heterocycles. The second-order valence-corrected chi connectivity index (χ2v) is 4.29. The third kappa shape index (κ3) is 1.52. The molecule has 1 atom stereocenters. The zero-order chi connectivity index (χ0) is 9.41. The fraction of sp³-hybridized carbons (Fsp3) is 0.700. The summed E-state index contributed by atoms with van der Waals surface area (Å²) in [7, 11) is 0. The Morgan fingerprint density at radius 3 is 2.42 bits per heavy atom. The maximum atomic E-state index is 11.4. The van der Waals surface area contributed by atoms with Crippen molar-refractivity contribution in [1.29, 1.82) is 0 Å². The maximum absolute atomic E-state index is 11.4. The number of hydrogen-bond donors (Lipinski definition) is 0. The smallest absolute Gasteiger partial charge is 0.312 e. The molecule has 0 bridgehead atoms. The molecule has 1 heterocycles. The van der Waals surface area contributed by atoms with Crippen LogP contribution in [0.15, 0.2) is 12.7 Å². The van der Waals surface area contributed by atoms with Crippen LogP contribution in [-0.4, -0.2) is 11.6 Å². The summed E-state index contributed by atoms with van der Waals surface area (Å²) in [5.74, 6) is -0.115. The highest BCUT2D eigenvalue weighted by Gasteiger charge is 2.41. The van der Waals surface area contributed by atoms with Gasteiger partial charge in [0.2, 0.25) is 0 Å². The summed E-state index contributed by atoms with van der Waals surface area (Å²) in [6, 6.07) is 0. The molecule has 0 N–H and O–H groups in total. The number of carbonyl (C=O) groups excluding carboxylic acids is 1. The average molecular weight is 168 g/mol. The fourth-order valence-electron chi connectivity index (χ4n) is 1.21. The second kappa shape index (κ2) is 2.61. The first-order chi connectivity index (χ1) is 5.40. The van der Waals surface area contributed by atoms with Crippen LogP contribution < -0.4 is 0 Å². The minimum absolute atomic E-state index is 0.115. The maximum Gasteiger partial charge on any atom is 0.312 e. The summed E-state index contributed by atoms with van der Waals surface area (Å²) in [4.78, 5) is 11.4. The Morgan fingerprint density at radius 2 is 2.00 bits per heavy atom. The third-order valence-corrected chi connectivity index (χ3v) is 2.56. The second-order valence-electron chi connectivity index (χ2n) is 4.29. The number of cyclic esters (lactones) is 1. The van der Waals surface area contributed by atoms with Crippen molar-refractivity contribution in [2.75, 3.05) is 0 Å². The van der Waals surface area contributed by atoms with Gasteiger partial charge in [-0.2, -0.15) is 0 Å². The Morgan fingerprint density at radius 1 is 1.42 bits per heavy atom. The predicted molar refractivity (Wildman–Crippen MR) is 47.7 cm³/mol. The van der Waals surface area contributed by atoms with Crippen LogP contribution in [0.3, 0.4) is 0 Å². The van der Waals surface area contributed by atoms with E-state index in [9.17, 15) is 4.79 Å². The molecule has 0 aliphatic carbocycles. The average Bonchev–Trinajstić information content (AvgIpc) is 1.99. The highest BCUT2D eigenvalue weighted by molar-refractivity contribution is 5.77. The Kier molecular flexibility index (Phi) is 2.02. The first-order valence-electron chi connectivity index (χ1n) is 4.27. The normalized spacial score (nSPS) is 34.1. The van der Waals surface area contributed by atoms with E-state index in [1.807, 2.05) is 20.8 Å². The van der Waals surface area contributed by atoms with Crippen LogP contribution in [0, 0.1) is 5.41 Å². The van der Waals surface area contributed by atoms with Crippen molar-refractivity contribution in [3.05, 3.63) is 12.7 Å². The summed E-state index contributed by atoms with van der Waals surface area (Å²) in [6.07, 6.45) is 3.45. The van der Waals surface area contributed by atoms with E-state index >= 15 is 0 Å². The van der Waals surface area contributed by atoms with Crippen molar-refractivity contribution in [1.82, 2.24) is 0 Å². The molecule has 1 fully saturated rings. The first-order valence-corrected chi connectivity index (χ1v) is 4.27. The molecule has 1 rings (SSSR count). The van der Waals surface area contributed by atoms with Crippen molar-refractivity contribution in [3.8, 4) is 0 Å². The molecule has 1 aliphatic rings. The topological polar surface area (TPSA) is 26.3 Å². The molecule has 0 spiro atoms. The molecule has 0 amide bonds. The molecule has 0 aromatic carbocycles. The van der Waals surface area contributed by atoms with Crippen LogP contribution in [0.2, 0.25) is 0 Å². The Balaban J connectivity index is 2.77. The van der Waals surface area contributed by atoms with E-state index in [0.717, 1.165) is 12.8 Å². The first kappa shape index (κ1) is 9.30. The highest BCUT2D eigenvalue weighted by atomic mass is 16.6. The van der Waals surface area contributed by atoms with Crippen molar-refractivity contribution >= 4 is 5.97 Å². The molecular formula is C10H16O2. The molecule has 12 heavy (non-hydrogen) atoms. The minimum atomic E-state index is -0.438. The lowest BCUT2D eigenvalue weighted by atomic mass is 9.80. The number of ether oxygens (including phenoxy) is 1. The summed E-state index contributed by atoms with van der Waals surface area (Å²) >= 11 is 0. The Labute approximate surface area is 73.6 Å². The van der Waals surface area contributed by atoms with Gasteiger partial charge in [-0.15, -0.1) is 0 Å². The summed E-state index contributed by atoms with van der Waals surface area (Å²) in [5.41, 5.74) is -0.755. The fourth-order valence-corrected chi connectivity index (χ4v) is 1.21. The van der Waals surface area contributed by atoms with E-state index in [-0.39, 0.29) is 11.4 Å². The molecular weight excluding hydrogens is 152 g/mol. The SMILES string of the molecule is C=CC1(C)CCC(C)(C)C(=O)O1. The van der Waals surface area contributed by atoms with Gasteiger partial charge in [0.15, 0.2) is 0 Å². The van der Waals surface area contributed by atoms with Gasteiger partial charge < -0.3 is 4.74 Å². The van der Waals surface area contributed by atoms with Crippen LogP contribution in [0.4, 0.5) is 0 Å². The molecule has 2 nitrogen and oxygen atoms in total. The minimum Gasteiger partial charge on any atom is -0.455 e. The number of hydrogen-bond acceptors (Lipinski definition) is 2. The Bertz CT molecular complexity index is 218. The molecule has 68 valence electrons. The van der Waals surface area contributed by atoms with Crippen molar-refractivity contribution in [2.45, 2.75) is 39.2 Å². The Hall–Kier alpha value is -0.790. The molecule has 0 radical (unpaired) electrons. The molecule has 2 heteroatoms. The van der Waals surface area contributed by atoms with Gasteiger partial charge >= 0.3 is 5.97 Å². The molecule has 0 aromatic rings. The van der Waals surface area contributed by atoms with E-state index in [2.05, 4.69) is 6.58 Å². The van der Waals surface area contributed by atoms with E-state index in [1.54, 1.807) is 6.08 Å². The van der Waals surface area contributed by atoms with E-state index in [1.165, 1.54) is 0 Å². The van der Waals surface area contributed by atoms with Crippen molar-refractivity contribution < 1.29 is 9.53 Å². The van der Waals surface area contributed by atoms with Crippen LogP contribution >= 0.6 is 0 Å². The molecule has 0 saturated carbocycles. The van der Waals surface area contributed by atoms with Crippen LogP contribution in [0.5, 0.6) is 0 Å². The number of esters is 1. The zero-order valence-corrected chi connectivity index (χ0v) is 8.02. The van der Waals surface area contributed by atoms with Crippen LogP contribution in [0.1, 0.15) is 33.6 Å². The lowest BCUT2D eigenvalue weighted by Gasteiger charge is -2.38. The van der Waals surface area contributed by atoms with Crippen molar-refractivity contribution in [3.63, 3.8) is 0 Å². The predicted octanol–water partition coefficient (Wildman–Crippen LogP) is 2.29. The zero-order valence-electron chi connectivity index (χ0n) is 8.02. The van der Waals surface area contributed by atoms with Gasteiger partial charge in [0.1, 0.15) is 5.60 Å². The van der Waals surface area contributed by atoms with Gasteiger partial charge in [0.05, 0.1) is 5.41 Å². The van der Waals surface area contributed by atoms with E-state index in [4.69, 9.17) is 4.74 Å². The van der Waals surface area contributed by atoms with Gasteiger partial charge in [-0.25, -0.2) is 0 Å². The van der Waals surface area contributed by atoms with Gasteiger partial charge in [-0.05, 0) is 39.7 Å². The lowest BCUT2D eigenvalue weighted by Crippen LogP contribution is -2.42. The molecule has 0 aromatic heterocycles. The lowest BCUT2D eigenvalue weighted by molar-refractivity contribution is -0.174. The molecule has 1 unspecified atom stereocenters. The number of carbonyl (C=O) groups is 1. The summed E-state index contributed by atoms with van der Waals surface area (Å²) in [6.45, 7) is 9.39. The highest BCUT2D eigenvalue weighted by Crippen LogP contribution is 2.36. The van der Waals surface area contributed by atoms with E-state index in [0.29, 0.717) is 0 Å². The van der Waals surface area contributed by atoms with Crippen molar-refractivity contribution in [2.24, 2.45) is 5.41 Å². The van der Waals surface area contributed by atoms with E-state index < -0.39 is 5.60 Å². The van der Waals surface area contributed by atoms with Crippen LogP contribution in [-0.2, 0) is 9.53 Å². The standard InChI is InChI=1S/C10H16O2/c1-5-10(4)7-6-9(2,3)8(11)12-10/h5H,1,6-7H2,2-4H3. The molecule has 1 saturated heterocycles. The van der Waals surface area contributed by atoms with Gasteiger partial charge in [-0.3, -0.25) is 4.79 Å². The summed E-state index contributed by atoms with van der Waals surface area (Å²) in [5, 5.41) is 0. The quantitative estimate of drug-likeness (QED) is 0.443. The number of rotatable bonds is 1. The largest absolute Gasteiger partial charge is 0.455 e. The monoisotopic (exact) mass is 168 g/mol. The van der Waals surface area contributed by atoms with Crippen LogP contribution in [0.25, 0.3) is 0 Å². The van der Waals surface area contributed by atoms with Gasteiger partial charge in [0, 0.05) is 0 Å². The summed E-state index contributed by atoms with van der Waals surface area (Å²) < 4.78 is 5.28. The van der Waals surface area contributed by atoms with Gasteiger partial charge in [0.25, 0.3) is 0 Å².